The summed E-state index contributed by atoms with van der Waals surface area (Å²) in [6.07, 6.45) is 3.06. The summed E-state index contributed by atoms with van der Waals surface area (Å²) in [5, 5.41) is 6.24. The molecular formula is C21H17Cl2N3O3. The number of pyridine rings is 1. The number of methoxy groups -OCH3 is 1. The monoisotopic (exact) mass is 429 g/mol. The van der Waals surface area contributed by atoms with Crippen LogP contribution in [0.2, 0.25) is 10.0 Å². The molecule has 3 aromatic rings. The van der Waals surface area contributed by atoms with E-state index in [1.54, 1.807) is 43.5 Å². The van der Waals surface area contributed by atoms with Crippen LogP contribution in [0.15, 0.2) is 54.9 Å². The highest BCUT2D eigenvalue weighted by atomic mass is 35.5. The molecule has 1 aromatic heterocycles. The standard InChI is InChI=1S/C21H17Cl2N3O3/c1-12-3-4-16(25-20(27)13-5-14(22)7-15(23)6-13)9-19(12)21(28)26-17-8-18(29-2)11-24-10-17/h3-11H,1-2H3,(H,25,27)(H,26,28). The lowest BCUT2D eigenvalue weighted by molar-refractivity contribution is 0.101. The molecule has 29 heavy (non-hydrogen) atoms. The minimum Gasteiger partial charge on any atom is -0.495 e. The van der Waals surface area contributed by atoms with E-state index in [-0.39, 0.29) is 11.8 Å². The number of ether oxygens (including phenoxy) is 1. The normalized spacial score (nSPS) is 10.3. The third-order valence-corrected chi connectivity index (χ3v) is 4.51. The summed E-state index contributed by atoms with van der Waals surface area (Å²) in [6.45, 7) is 1.81. The van der Waals surface area contributed by atoms with Crippen LogP contribution < -0.4 is 15.4 Å². The molecule has 8 heteroatoms. The molecule has 1 heterocycles. The first-order valence-electron chi connectivity index (χ1n) is 8.54. The third-order valence-electron chi connectivity index (χ3n) is 4.07. The van der Waals surface area contributed by atoms with Crippen molar-refractivity contribution in [1.82, 2.24) is 4.98 Å². The van der Waals surface area contributed by atoms with Crippen LogP contribution in [0.3, 0.4) is 0 Å². The lowest BCUT2D eigenvalue weighted by Gasteiger charge is -2.11. The number of benzene rings is 2. The first-order chi connectivity index (χ1) is 13.9. The fourth-order valence-corrected chi connectivity index (χ4v) is 3.16. The number of nitrogens with one attached hydrogen (secondary N) is 2. The van der Waals surface area contributed by atoms with Crippen LogP contribution in [-0.2, 0) is 0 Å². The highest BCUT2D eigenvalue weighted by molar-refractivity contribution is 6.35. The van der Waals surface area contributed by atoms with Gasteiger partial charge in [0.1, 0.15) is 5.75 Å². The van der Waals surface area contributed by atoms with E-state index in [4.69, 9.17) is 27.9 Å². The highest BCUT2D eigenvalue weighted by Gasteiger charge is 2.14. The van der Waals surface area contributed by atoms with Crippen LogP contribution in [0.1, 0.15) is 26.3 Å². The molecule has 0 radical (unpaired) electrons. The SMILES string of the molecule is COc1cncc(NC(=O)c2cc(NC(=O)c3cc(Cl)cc(Cl)c3)ccc2C)c1. The Morgan fingerprint density at radius 2 is 1.59 bits per heavy atom. The van der Waals surface area contributed by atoms with E-state index < -0.39 is 0 Å². The average Bonchev–Trinajstić information content (AvgIpc) is 2.68. The lowest BCUT2D eigenvalue weighted by Crippen LogP contribution is -2.16. The van der Waals surface area contributed by atoms with Crippen LogP contribution in [0, 0.1) is 6.92 Å². The summed E-state index contributed by atoms with van der Waals surface area (Å²) in [5.74, 6) is -0.193. The number of rotatable bonds is 5. The van der Waals surface area contributed by atoms with E-state index in [1.807, 2.05) is 0 Å². The fourth-order valence-electron chi connectivity index (χ4n) is 2.63. The minimum atomic E-state index is -0.387. The second-order valence-corrected chi connectivity index (χ2v) is 7.08. The Bertz CT molecular complexity index is 1070. The Morgan fingerprint density at radius 1 is 0.897 bits per heavy atom. The number of anilines is 2. The molecule has 0 aliphatic rings. The van der Waals surface area contributed by atoms with Crippen molar-refractivity contribution in [2.75, 3.05) is 17.7 Å². The number of halogens is 2. The van der Waals surface area contributed by atoms with E-state index in [0.717, 1.165) is 5.56 Å². The molecule has 148 valence electrons. The van der Waals surface area contributed by atoms with Gasteiger partial charge >= 0.3 is 0 Å². The second-order valence-electron chi connectivity index (χ2n) is 6.21. The zero-order valence-corrected chi connectivity index (χ0v) is 17.1. The van der Waals surface area contributed by atoms with Gasteiger partial charge in [-0.3, -0.25) is 14.6 Å². The largest absolute Gasteiger partial charge is 0.495 e. The third kappa shape index (κ3) is 5.25. The van der Waals surface area contributed by atoms with Crippen molar-refractivity contribution in [3.05, 3.63) is 81.6 Å². The maximum Gasteiger partial charge on any atom is 0.256 e. The molecule has 0 aliphatic heterocycles. The number of aryl methyl sites for hydroxylation is 1. The number of carbonyl (C=O) groups excluding carboxylic acids is 2. The van der Waals surface area contributed by atoms with Gasteiger partial charge in [-0.15, -0.1) is 0 Å². The lowest BCUT2D eigenvalue weighted by atomic mass is 10.1. The Hall–Kier alpha value is -3.09. The predicted molar refractivity (Wildman–Crippen MR) is 114 cm³/mol. The van der Waals surface area contributed by atoms with Crippen molar-refractivity contribution >= 4 is 46.4 Å². The Labute approximate surface area is 177 Å². The van der Waals surface area contributed by atoms with Gasteiger partial charge in [-0.2, -0.15) is 0 Å². The predicted octanol–water partition coefficient (Wildman–Crippen LogP) is 5.21. The minimum absolute atomic E-state index is 0.316. The second kappa shape index (κ2) is 8.94. The molecule has 0 bridgehead atoms. The molecule has 2 N–H and O–H groups in total. The maximum atomic E-state index is 12.7. The number of amides is 2. The average molecular weight is 430 g/mol. The first kappa shape index (κ1) is 20.6. The topological polar surface area (TPSA) is 80.3 Å². The molecule has 0 spiro atoms. The van der Waals surface area contributed by atoms with Gasteiger partial charge in [0.15, 0.2) is 0 Å². The fraction of sp³-hybridized carbons (Fsp3) is 0.0952. The summed E-state index contributed by atoms with van der Waals surface area (Å²) < 4.78 is 5.11. The molecule has 2 amide bonds. The highest BCUT2D eigenvalue weighted by Crippen LogP contribution is 2.22. The van der Waals surface area contributed by atoms with Gasteiger partial charge in [0.25, 0.3) is 11.8 Å². The Kier molecular flexibility index (Phi) is 6.36. The van der Waals surface area contributed by atoms with Gasteiger partial charge in [0.2, 0.25) is 0 Å². The van der Waals surface area contributed by atoms with Crippen molar-refractivity contribution in [1.29, 1.82) is 0 Å². The van der Waals surface area contributed by atoms with Crippen molar-refractivity contribution < 1.29 is 14.3 Å². The van der Waals surface area contributed by atoms with Crippen LogP contribution in [0.25, 0.3) is 0 Å². The Balaban J connectivity index is 1.80. The molecule has 0 aliphatic carbocycles. The van der Waals surface area contributed by atoms with Crippen LogP contribution >= 0.6 is 23.2 Å². The molecular weight excluding hydrogens is 413 g/mol. The first-order valence-corrected chi connectivity index (χ1v) is 9.30. The molecule has 2 aromatic carbocycles. The van der Waals surface area contributed by atoms with Gasteiger partial charge in [0.05, 0.1) is 25.2 Å². The van der Waals surface area contributed by atoms with Crippen molar-refractivity contribution in [3.63, 3.8) is 0 Å². The van der Waals surface area contributed by atoms with E-state index in [9.17, 15) is 9.59 Å². The molecule has 0 saturated carbocycles. The van der Waals surface area contributed by atoms with Gasteiger partial charge in [0, 0.05) is 32.9 Å². The van der Waals surface area contributed by atoms with E-state index >= 15 is 0 Å². The molecule has 0 unspecified atom stereocenters. The molecule has 0 atom stereocenters. The van der Waals surface area contributed by atoms with E-state index in [1.165, 1.54) is 25.4 Å². The zero-order valence-electron chi connectivity index (χ0n) is 15.6. The number of hydrogen-bond donors (Lipinski definition) is 2. The van der Waals surface area contributed by atoms with Gasteiger partial charge < -0.3 is 15.4 Å². The summed E-state index contributed by atoms with van der Waals surface area (Å²) in [5.41, 5.74) is 2.44. The van der Waals surface area contributed by atoms with E-state index in [2.05, 4.69) is 15.6 Å². The van der Waals surface area contributed by atoms with Crippen molar-refractivity contribution in [3.8, 4) is 5.75 Å². The number of carbonyl (C=O) groups is 2. The smallest absolute Gasteiger partial charge is 0.256 e. The summed E-state index contributed by atoms with van der Waals surface area (Å²) in [7, 11) is 1.52. The molecule has 0 fully saturated rings. The molecule has 0 saturated heterocycles. The number of aromatic nitrogens is 1. The quantitative estimate of drug-likeness (QED) is 0.583. The summed E-state index contributed by atoms with van der Waals surface area (Å²) in [6, 6.07) is 11.3. The van der Waals surface area contributed by atoms with Crippen LogP contribution in [0.5, 0.6) is 5.75 Å². The maximum absolute atomic E-state index is 12.7. The summed E-state index contributed by atoms with van der Waals surface area (Å²) in [4.78, 5) is 29.2. The van der Waals surface area contributed by atoms with E-state index in [0.29, 0.717) is 38.3 Å². The molecule has 6 nitrogen and oxygen atoms in total. The number of hydrogen-bond acceptors (Lipinski definition) is 4. The van der Waals surface area contributed by atoms with Gasteiger partial charge in [-0.05, 0) is 42.8 Å². The molecule has 3 rings (SSSR count). The van der Waals surface area contributed by atoms with Crippen LogP contribution in [0.4, 0.5) is 11.4 Å². The van der Waals surface area contributed by atoms with Gasteiger partial charge in [-0.25, -0.2) is 0 Å². The Morgan fingerprint density at radius 3 is 2.28 bits per heavy atom. The van der Waals surface area contributed by atoms with Crippen molar-refractivity contribution in [2.24, 2.45) is 0 Å². The summed E-state index contributed by atoms with van der Waals surface area (Å²) >= 11 is 11.9. The zero-order chi connectivity index (χ0) is 21.0. The number of nitrogens with zero attached hydrogens (tertiary/aromatic N) is 1. The van der Waals surface area contributed by atoms with Crippen LogP contribution in [-0.4, -0.2) is 23.9 Å². The van der Waals surface area contributed by atoms with Gasteiger partial charge in [-0.1, -0.05) is 29.3 Å². The van der Waals surface area contributed by atoms with Crippen molar-refractivity contribution in [2.45, 2.75) is 6.92 Å².